The topological polar surface area (TPSA) is 171 Å². The van der Waals surface area contributed by atoms with Crippen molar-refractivity contribution in [2.75, 3.05) is 55.6 Å². The number of halogens is 1. The molecule has 15 heteroatoms. The van der Waals surface area contributed by atoms with Gasteiger partial charge in [0.15, 0.2) is 0 Å². The molecular weight excluding hydrogens is 804 g/mol. The van der Waals surface area contributed by atoms with Gasteiger partial charge in [0, 0.05) is 122 Å². The lowest BCUT2D eigenvalue weighted by atomic mass is 9.49. The Hall–Kier alpha value is -6.27. The second-order valence-corrected chi connectivity index (χ2v) is 19.1. The Morgan fingerprint density at radius 3 is 2.24 bits per heavy atom. The molecule has 3 aromatic carbocycles. The summed E-state index contributed by atoms with van der Waals surface area (Å²) in [5.41, 5.74) is 2.24. The summed E-state index contributed by atoms with van der Waals surface area (Å²) in [5, 5.41) is 15.9. The number of hydrogen-bond acceptors (Lipinski definition) is 10. The number of piperidine rings is 2. The molecule has 1 saturated carbocycles. The van der Waals surface area contributed by atoms with Gasteiger partial charge in [-0.1, -0.05) is 27.7 Å². The largest absolute Gasteiger partial charge is 0.488 e. The highest BCUT2D eigenvalue weighted by atomic mass is 19.1. The number of hydrogen-bond donors (Lipinski definition) is 3. The molecule has 3 saturated heterocycles. The van der Waals surface area contributed by atoms with Gasteiger partial charge in [0.05, 0.1) is 11.1 Å². The first kappa shape index (κ1) is 42.1. The van der Waals surface area contributed by atoms with Crippen molar-refractivity contribution in [3.63, 3.8) is 0 Å². The third-order valence-electron chi connectivity index (χ3n) is 14.2. The molecule has 0 spiro atoms. The van der Waals surface area contributed by atoms with Gasteiger partial charge in [0.2, 0.25) is 17.4 Å². The molecule has 0 bridgehead atoms. The Kier molecular flexibility index (Phi) is 10.6. The standard InChI is InChI=1S/C48H53FN8O6/c1-46(2)44(47(3,4)45(46)63-37-14-7-30(26-50)40-35(37)12-15-38(58)51-40)53-41(60)29-5-8-32(9-6-29)56-23-21-54(22-24-56)28-48(49)17-19-55(20-18-48)33-10-11-34-31(25-33)27-57(43(34)62)36-13-16-39(59)52-42(36)61/h5-12,14-15,25,36,44-45H,13,16-24,27-28H2,1-4H3,(H,51,58)(H,53,60)(H,52,59,61). The molecule has 4 aromatic rings. The number of alkyl halides is 1. The van der Waals surface area contributed by atoms with Crippen LogP contribution in [0.5, 0.6) is 5.75 Å². The van der Waals surface area contributed by atoms with E-state index in [-0.39, 0.29) is 41.8 Å². The van der Waals surface area contributed by atoms with Crippen LogP contribution in [0, 0.1) is 22.2 Å². The van der Waals surface area contributed by atoms with E-state index in [1.54, 1.807) is 29.2 Å². The lowest BCUT2D eigenvalue weighted by molar-refractivity contribution is -0.163. The number of rotatable bonds is 9. The molecular formula is C48H53FN8O6. The Morgan fingerprint density at radius 2 is 1.56 bits per heavy atom. The second-order valence-electron chi connectivity index (χ2n) is 19.1. The molecule has 9 rings (SSSR count). The van der Waals surface area contributed by atoms with Gasteiger partial charge in [-0.3, -0.25) is 34.2 Å². The molecule has 3 N–H and O–H groups in total. The number of aromatic nitrogens is 1. The van der Waals surface area contributed by atoms with Crippen LogP contribution < -0.4 is 30.7 Å². The molecule has 4 fully saturated rings. The number of carbonyl (C=O) groups is 4. The molecule has 1 atom stereocenters. The third-order valence-corrected chi connectivity index (χ3v) is 14.2. The van der Waals surface area contributed by atoms with Crippen LogP contribution >= 0.6 is 0 Å². The first-order valence-electron chi connectivity index (χ1n) is 21.9. The first-order valence-corrected chi connectivity index (χ1v) is 21.9. The van der Waals surface area contributed by atoms with Crippen molar-refractivity contribution < 1.29 is 28.3 Å². The van der Waals surface area contributed by atoms with E-state index in [1.807, 2.05) is 36.4 Å². The number of carbonyl (C=O) groups excluding carboxylic acids is 4. The van der Waals surface area contributed by atoms with E-state index in [1.165, 1.54) is 6.07 Å². The van der Waals surface area contributed by atoms with Crippen LogP contribution in [0.2, 0.25) is 0 Å². The molecule has 1 aromatic heterocycles. The van der Waals surface area contributed by atoms with Gasteiger partial charge in [-0.05, 0) is 72.6 Å². The summed E-state index contributed by atoms with van der Waals surface area (Å²) in [7, 11) is 0. The molecule has 5 aliphatic rings. The van der Waals surface area contributed by atoms with Gasteiger partial charge in [-0.2, -0.15) is 5.26 Å². The number of benzene rings is 3. The average molecular weight is 857 g/mol. The summed E-state index contributed by atoms with van der Waals surface area (Å²) in [5.74, 6) is -0.550. The predicted molar refractivity (Wildman–Crippen MR) is 235 cm³/mol. The fourth-order valence-corrected chi connectivity index (χ4v) is 11.0. The molecule has 4 aliphatic heterocycles. The Labute approximate surface area is 365 Å². The molecule has 1 unspecified atom stereocenters. The SMILES string of the molecule is CC1(C)C(NC(=O)c2ccc(N3CCN(CC4(F)CCN(c5ccc6c(c5)CN(C5CCC(=O)NC5=O)C6=O)CC4)CC3)cc2)C(C)(C)C1Oc1ccc(C#N)c2[nH]c(=O)ccc12. The maximum Gasteiger partial charge on any atom is 0.255 e. The number of piperazine rings is 1. The average Bonchev–Trinajstić information content (AvgIpc) is 3.59. The van der Waals surface area contributed by atoms with E-state index in [4.69, 9.17) is 4.74 Å². The maximum atomic E-state index is 16.3. The van der Waals surface area contributed by atoms with Crippen LogP contribution in [0.15, 0.2) is 71.5 Å². The van der Waals surface area contributed by atoms with Gasteiger partial charge >= 0.3 is 0 Å². The van der Waals surface area contributed by atoms with Crippen molar-refractivity contribution in [3.05, 3.63) is 99.3 Å². The fourth-order valence-electron chi connectivity index (χ4n) is 11.0. The lowest BCUT2D eigenvalue weighted by Crippen LogP contribution is -2.74. The first-order chi connectivity index (χ1) is 30.0. The minimum atomic E-state index is -1.31. The number of anilines is 2. The second kappa shape index (κ2) is 15.8. The van der Waals surface area contributed by atoms with Crippen molar-refractivity contribution in [2.24, 2.45) is 10.8 Å². The van der Waals surface area contributed by atoms with Gasteiger partial charge in [-0.25, -0.2) is 4.39 Å². The number of nitrogens with one attached hydrogen (secondary N) is 3. The molecule has 14 nitrogen and oxygen atoms in total. The smallest absolute Gasteiger partial charge is 0.255 e. The molecule has 1 aliphatic carbocycles. The summed E-state index contributed by atoms with van der Waals surface area (Å²) < 4.78 is 23.0. The third kappa shape index (κ3) is 7.68. The van der Waals surface area contributed by atoms with Crippen molar-refractivity contribution in [2.45, 2.75) is 83.8 Å². The highest BCUT2D eigenvalue weighted by Gasteiger charge is 2.64. The van der Waals surface area contributed by atoms with E-state index < -0.39 is 28.4 Å². The molecule has 4 amide bonds. The van der Waals surface area contributed by atoms with E-state index in [2.05, 4.69) is 64.1 Å². The molecule has 63 heavy (non-hydrogen) atoms. The monoisotopic (exact) mass is 856 g/mol. The number of aromatic amines is 1. The molecule has 328 valence electrons. The quantitative estimate of drug-likeness (QED) is 0.197. The van der Waals surface area contributed by atoms with Crippen LogP contribution in [0.4, 0.5) is 15.8 Å². The number of nitriles is 1. The summed E-state index contributed by atoms with van der Waals surface area (Å²) in [6.45, 7) is 13.0. The summed E-state index contributed by atoms with van der Waals surface area (Å²) >= 11 is 0. The predicted octanol–water partition coefficient (Wildman–Crippen LogP) is 4.90. The van der Waals surface area contributed by atoms with Gasteiger partial charge < -0.3 is 29.7 Å². The van der Waals surface area contributed by atoms with Crippen LogP contribution in [0.3, 0.4) is 0 Å². The number of nitrogens with zero attached hydrogens (tertiary/aromatic N) is 5. The van der Waals surface area contributed by atoms with Crippen LogP contribution in [-0.2, 0) is 16.1 Å². The fraction of sp³-hybridized carbons (Fsp3) is 0.458. The Balaban J connectivity index is 0.748. The normalized spacial score (nSPS) is 24.0. The van der Waals surface area contributed by atoms with Crippen molar-refractivity contribution >= 4 is 45.9 Å². The van der Waals surface area contributed by atoms with Gasteiger partial charge in [0.1, 0.15) is 29.6 Å². The van der Waals surface area contributed by atoms with Crippen LogP contribution in [-0.4, -0.2) is 108 Å². The highest BCUT2D eigenvalue weighted by molar-refractivity contribution is 6.05. The van der Waals surface area contributed by atoms with Crippen molar-refractivity contribution in [1.29, 1.82) is 5.26 Å². The van der Waals surface area contributed by atoms with E-state index >= 15 is 4.39 Å². The number of pyridine rings is 1. The van der Waals surface area contributed by atoms with Gasteiger partial charge in [0.25, 0.3) is 11.8 Å². The van der Waals surface area contributed by atoms with Crippen LogP contribution in [0.1, 0.15) is 85.2 Å². The van der Waals surface area contributed by atoms with Gasteiger partial charge in [-0.15, -0.1) is 0 Å². The Morgan fingerprint density at radius 1 is 0.873 bits per heavy atom. The van der Waals surface area contributed by atoms with E-state index in [0.29, 0.717) is 78.8 Å². The number of fused-ring (bicyclic) bond motifs is 2. The summed E-state index contributed by atoms with van der Waals surface area (Å²) in [6, 6.07) is 21.1. The number of amides is 4. The highest BCUT2D eigenvalue weighted by Crippen LogP contribution is 2.56. The Bertz CT molecular complexity index is 2590. The molecule has 5 heterocycles. The van der Waals surface area contributed by atoms with E-state index in [0.717, 1.165) is 43.1 Å². The number of imide groups is 1. The van der Waals surface area contributed by atoms with Crippen LogP contribution in [0.25, 0.3) is 10.9 Å². The lowest BCUT2D eigenvalue weighted by Gasteiger charge is -2.63. The number of H-pyrrole nitrogens is 1. The van der Waals surface area contributed by atoms with Crippen molar-refractivity contribution in [3.8, 4) is 11.8 Å². The summed E-state index contributed by atoms with van der Waals surface area (Å²) in [4.78, 5) is 73.9. The zero-order chi connectivity index (χ0) is 44.4. The van der Waals surface area contributed by atoms with E-state index in [9.17, 15) is 29.2 Å². The maximum absolute atomic E-state index is 16.3. The summed E-state index contributed by atoms with van der Waals surface area (Å²) in [6.07, 6.45) is 1.05. The minimum Gasteiger partial charge on any atom is -0.488 e. The zero-order valence-electron chi connectivity index (χ0n) is 36.1. The minimum absolute atomic E-state index is 0.167. The molecule has 0 radical (unpaired) electrons. The van der Waals surface area contributed by atoms with Crippen molar-refractivity contribution in [1.82, 2.24) is 25.4 Å². The number of ether oxygens (including phenoxy) is 1. The zero-order valence-corrected chi connectivity index (χ0v) is 36.1.